The number of nitrogens with zero attached hydrogens (tertiary/aromatic N) is 3. The molecule has 4 N–H and O–H groups in total. The fourth-order valence-electron chi connectivity index (χ4n) is 1.85. The van der Waals surface area contributed by atoms with E-state index in [4.69, 9.17) is 5.84 Å². The van der Waals surface area contributed by atoms with E-state index in [9.17, 15) is 22.8 Å². The van der Waals surface area contributed by atoms with E-state index in [1.54, 1.807) is 24.3 Å². The minimum absolute atomic E-state index is 0.226. The summed E-state index contributed by atoms with van der Waals surface area (Å²) in [5, 5.41) is 10.5. The number of amides is 2. The van der Waals surface area contributed by atoms with E-state index in [0.29, 0.717) is 16.1 Å². The van der Waals surface area contributed by atoms with Crippen LogP contribution in [0.2, 0.25) is 0 Å². The van der Waals surface area contributed by atoms with Crippen molar-refractivity contribution in [3.05, 3.63) is 30.1 Å². The Kier molecular flexibility index (Phi) is 5.75. The molecule has 26 heavy (non-hydrogen) atoms. The zero-order chi connectivity index (χ0) is 19.5. The van der Waals surface area contributed by atoms with Gasteiger partial charge in [-0.05, 0) is 31.2 Å². The first kappa shape index (κ1) is 19.6. The number of anilines is 2. The van der Waals surface area contributed by atoms with Crippen molar-refractivity contribution in [1.29, 1.82) is 0 Å². The minimum atomic E-state index is -4.73. The van der Waals surface area contributed by atoms with Crippen LogP contribution in [0.1, 0.15) is 19.7 Å². The minimum Gasteiger partial charge on any atom is -0.335 e. The molecule has 2 rings (SSSR count). The highest BCUT2D eigenvalue weighted by atomic mass is 32.2. The highest BCUT2D eigenvalue weighted by Gasteiger charge is 2.38. The lowest BCUT2D eigenvalue weighted by Gasteiger charge is -2.12. The molecule has 0 spiro atoms. The summed E-state index contributed by atoms with van der Waals surface area (Å²) in [7, 11) is 0. The van der Waals surface area contributed by atoms with Crippen molar-refractivity contribution in [3.63, 3.8) is 0 Å². The summed E-state index contributed by atoms with van der Waals surface area (Å²) in [5.41, 5.74) is 1.02. The number of thioether (sulfide) groups is 1. The Balaban J connectivity index is 2.00. The Morgan fingerprint density at radius 2 is 1.69 bits per heavy atom. The SMILES string of the molecule is CC(=O)Nc1ccc(NC(=O)[C@H](C)Sc2nnc(C(F)(F)F)n2N)cc1. The van der Waals surface area contributed by atoms with Crippen LogP contribution in [0.15, 0.2) is 29.4 Å². The quantitative estimate of drug-likeness (QED) is 0.534. The summed E-state index contributed by atoms with van der Waals surface area (Å²) in [6, 6.07) is 6.35. The van der Waals surface area contributed by atoms with E-state index >= 15 is 0 Å². The topological polar surface area (TPSA) is 115 Å². The van der Waals surface area contributed by atoms with E-state index in [2.05, 4.69) is 20.8 Å². The van der Waals surface area contributed by atoms with Gasteiger partial charge in [-0.15, -0.1) is 10.2 Å². The summed E-state index contributed by atoms with van der Waals surface area (Å²) in [5.74, 6) is 3.30. The number of nitrogen functional groups attached to an aromatic ring is 1. The predicted molar refractivity (Wildman–Crippen MR) is 89.9 cm³/mol. The zero-order valence-corrected chi connectivity index (χ0v) is 14.5. The van der Waals surface area contributed by atoms with Gasteiger partial charge in [0.15, 0.2) is 0 Å². The molecule has 8 nitrogen and oxygen atoms in total. The first-order valence-corrected chi connectivity index (χ1v) is 8.08. The van der Waals surface area contributed by atoms with Crippen LogP contribution in [-0.4, -0.2) is 31.9 Å². The summed E-state index contributed by atoms with van der Waals surface area (Å²) in [6.07, 6.45) is -4.73. The third-order valence-corrected chi connectivity index (χ3v) is 4.10. The zero-order valence-electron chi connectivity index (χ0n) is 13.7. The van der Waals surface area contributed by atoms with Crippen LogP contribution in [0.25, 0.3) is 0 Å². The third kappa shape index (κ3) is 4.88. The highest BCUT2D eigenvalue weighted by molar-refractivity contribution is 8.00. The Morgan fingerprint density at radius 3 is 2.15 bits per heavy atom. The molecule has 0 fully saturated rings. The van der Waals surface area contributed by atoms with E-state index in [1.165, 1.54) is 13.8 Å². The molecule has 1 heterocycles. The molecule has 0 saturated carbocycles. The fraction of sp³-hybridized carbons (Fsp3) is 0.286. The molecule has 140 valence electrons. The van der Waals surface area contributed by atoms with E-state index in [1.807, 2.05) is 0 Å². The molecule has 1 atom stereocenters. The van der Waals surface area contributed by atoms with Crippen LogP contribution in [0.5, 0.6) is 0 Å². The van der Waals surface area contributed by atoms with Gasteiger partial charge in [-0.1, -0.05) is 11.8 Å². The molecule has 1 aromatic carbocycles. The maximum Gasteiger partial charge on any atom is 0.453 e. The normalized spacial score (nSPS) is 12.5. The molecule has 0 unspecified atom stereocenters. The molecule has 0 bridgehead atoms. The van der Waals surface area contributed by atoms with Crippen LogP contribution in [0, 0.1) is 0 Å². The first-order valence-electron chi connectivity index (χ1n) is 7.21. The number of benzene rings is 1. The van der Waals surface area contributed by atoms with Crippen LogP contribution < -0.4 is 16.5 Å². The van der Waals surface area contributed by atoms with Gasteiger partial charge >= 0.3 is 6.18 Å². The standard InChI is InChI=1S/C14H15F3N6O2S/c1-7(26-13-22-21-12(23(13)18)14(15,16)17)11(25)20-10-5-3-9(4-6-10)19-8(2)24/h3-7H,18H2,1-2H3,(H,19,24)(H,20,25)/t7-/m0/s1. The van der Waals surface area contributed by atoms with Crippen molar-refractivity contribution in [2.75, 3.05) is 16.5 Å². The molecular weight excluding hydrogens is 373 g/mol. The fourth-order valence-corrected chi connectivity index (χ4v) is 2.62. The Labute approximate surface area is 150 Å². The number of halogens is 3. The van der Waals surface area contributed by atoms with Crippen molar-refractivity contribution in [2.45, 2.75) is 30.4 Å². The molecular formula is C14H15F3N6O2S. The maximum absolute atomic E-state index is 12.6. The molecule has 2 amide bonds. The first-order chi connectivity index (χ1) is 12.1. The smallest absolute Gasteiger partial charge is 0.335 e. The van der Waals surface area contributed by atoms with Gasteiger partial charge in [-0.3, -0.25) is 9.59 Å². The molecule has 0 aliphatic heterocycles. The van der Waals surface area contributed by atoms with Gasteiger partial charge in [-0.25, -0.2) is 4.68 Å². The van der Waals surface area contributed by atoms with E-state index in [0.717, 1.165) is 11.8 Å². The Morgan fingerprint density at radius 1 is 1.15 bits per heavy atom. The van der Waals surface area contributed by atoms with E-state index in [-0.39, 0.29) is 11.1 Å². The summed E-state index contributed by atoms with van der Waals surface area (Å²) < 4.78 is 38.2. The van der Waals surface area contributed by atoms with Crippen LogP contribution in [-0.2, 0) is 15.8 Å². The molecule has 0 aliphatic carbocycles. The lowest BCUT2D eigenvalue weighted by molar-refractivity contribution is -0.146. The lowest BCUT2D eigenvalue weighted by atomic mass is 10.2. The molecule has 0 radical (unpaired) electrons. The monoisotopic (exact) mass is 388 g/mol. The van der Waals surface area contributed by atoms with Gasteiger partial charge in [0.1, 0.15) is 0 Å². The van der Waals surface area contributed by atoms with Crippen LogP contribution in [0.3, 0.4) is 0 Å². The van der Waals surface area contributed by atoms with Crippen molar-refractivity contribution in [3.8, 4) is 0 Å². The number of hydrogen-bond acceptors (Lipinski definition) is 6. The van der Waals surface area contributed by atoms with Crippen molar-refractivity contribution >= 4 is 35.0 Å². The number of carbonyl (C=O) groups is 2. The maximum atomic E-state index is 12.6. The van der Waals surface area contributed by atoms with Crippen LogP contribution in [0.4, 0.5) is 24.5 Å². The summed E-state index contributed by atoms with van der Waals surface area (Å²) in [6.45, 7) is 2.86. The van der Waals surface area contributed by atoms with Crippen LogP contribution >= 0.6 is 11.8 Å². The molecule has 0 aliphatic rings. The average molecular weight is 388 g/mol. The second-order valence-corrected chi connectivity index (χ2v) is 6.49. The van der Waals surface area contributed by atoms with Gasteiger partial charge in [0, 0.05) is 18.3 Å². The molecule has 2 aromatic rings. The highest BCUT2D eigenvalue weighted by Crippen LogP contribution is 2.30. The van der Waals surface area contributed by atoms with Crippen molar-refractivity contribution < 1.29 is 22.8 Å². The number of nitrogens with one attached hydrogen (secondary N) is 2. The largest absolute Gasteiger partial charge is 0.453 e. The van der Waals surface area contributed by atoms with Gasteiger partial charge in [0.2, 0.25) is 17.0 Å². The lowest BCUT2D eigenvalue weighted by Crippen LogP contribution is -2.25. The van der Waals surface area contributed by atoms with Gasteiger partial charge < -0.3 is 16.5 Å². The van der Waals surface area contributed by atoms with Gasteiger partial charge in [0.05, 0.1) is 5.25 Å². The second kappa shape index (κ2) is 7.64. The third-order valence-electron chi connectivity index (χ3n) is 3.04. The second-order valence-electron chi connectivity index (χ2n) is 5.18. The molecule has 1 aromatic heterocycles. The van der Waals surface area contributed by atoms with Crippen molar-refractivity contribution in [2.24, 2.45) is 0 Å². The average Bonchev–Trinajstić information content (AvgIpc) is 2.89. The van der Waals surface area contributed by atoms with Crippen molar-refractivity contribution in [1.82, 2.24) is 14.9 Å². The number of rotatable bonds is 5. The molecule has 0 saturated heterocycles. The summed E-state index contributed by atoms with van der Waals surface area (Å²) in [4.78, 5) is 23.1. The molecule has 12 heteroatoms. The number of nitrogens with two attached hydrogens (primary N) is 1. The van der Waals surface area contributed by atoms with Gasteiger partial charge in [0.25, 0.3) is 5.82 Å². The number of carbonyl (C=O) groups excluding carboxylic acids is 2. The Hall–Kier alpha value is -2.76. The summed E-state index contributed by atoms with van der Waals surface area (Å²) >= 11 is 0.741. The number of hydrogen-bond donors (Lipinski definition) is 3. The Bertz CT molecular complexity index is 806. The number of aromatic nitrogens is 3. The number of alkyl halides is 3. The van der Waals surface area contributed by atoms with Gasteiger partial charge in [-0.2, -0.15) is 13.2 Å². The predicted octanol–water partition coefficient (Wildman–Crippen LogP) is 2.09. The van der Waals surface area contributed by atoms with E-state index < -0.39 is 23.2 Å².